The van der Waals surface area contributed by atoms with Crippen LogP contribution >= 0.6 is 0 Å². The average Bonchev–Trinajstić information content (AvgIpc) is 3.04. The zero-order valence-electron chi connectivity index (χ0n) is 14.1. The van der Waals surface area contributed by atoms with Crippen LogP contribution in [0.5, 0.6) is 0 Å². The van der Waals surface area contributed by atoms with Crippen molar-refractivity contribution in [1.82, 2.24) is 9.97 Å². The van der Waals surface area contributed by atoms with Crippen LogP contribution in [-0.4, -0.2) is 29.7 Å². The van der Waals surface area contributed by atoms with E-state index >= 15 is 0 Å². The SMILES string of the molecule is Cc1ccccc1C1Cc2nc(NCC3CCOCC3)ncc2N1. The van der Waals surface area contributed by atoms with Crippen LogP contribution in [0.15, 0.2) is 30.5 Å². The van der Waals surface area contributed by atoms with Gasteiger partial charge in [0.2, 0.25) is 5.95 Å². The van der Waals surface area contributed by atoms with Crippen LogP contribution in [0, 0.1) is 12.8 Å². The monoisotopic (exact) mass is 324 g/mol. The Balaban J connectivity index is 1.42. The van der Waals surface area contributed by atoms with E-state index < -0.39 is 0 Å². The van der Waals surface area contributed by atoms with Crippen LogP contribution in [0.4, 0.5) is 11.6 Å². The molecule has 1 fully saturated rings. The van der Waals surface area contributed by atoms with Crippen LogP contribution in [0.25, 0.3) is 0 Å². The molecule has 1 unspecified atom stereocenters. The highest BCUT2D eigenvalue weighted by Gasteiger charge is 2.25. The normalized spacial score (nSPS) is 20.5. The second-order valence-corrected chi connectivity index (χ2v) is 6.75. The molecule has 5 heteroatoms. The Kier molecular flexibility index (Phi) is 4.34. The van der Waals surface area contributed by atoms with Gasteiger partial charge in [-0.2, -0.15) is 0 Å². The predicted octanol–water partition coefficient (Wildman–Crippen LogP) is 3.33. The number of nitrogens with one attached hydrogen (secondary N) is 2. The summed E-state index contributed by atoms with van der Waals surface area (Å²) in [6.07, 6.45) is 5.06. The van der Waals surface area contributed by atoms with Gasteiger partial charge in [-0.05, 0) is 36.8 Å². The minimum absolute atomic E-state index is 0.293. The van der Waals surface area contributed by atoms with Crippen LogP contribution < -0.4 is 10.6 Å². The van der Waals surface area contributed by atoms with Crippen molar-refractivity contribution in [2.75, 3.05) is 30.4 Å². The van der Waals surface area contributed by atoms with Crippen molar-refractivity contribution in [3.05, 3.63) is 47.3 Å². The summed E-state index contributed by atoms with van der Waals surface area (Å²) < 4.78 is 5.41. The van der Waals surface area contributed by atoms with Crippen molar-refractivity contribution >= 4 is 11.6 Å². The van der Waals surface area contributed by atoms with Gasteiger partial charge in [-0.1, -0.05) is 24.3 Å². The van der Waals surface area contributed by atoms with Gasteiger partial charge in [-0.25, -0.2) is 9.97 Å². The smallest absolute Gasteiger partial charge is 0.223 e. The number of anilines is 2. The van der Waals surface area contributed by atoms with Crippen molar-refractivity contribution in [2.45, 2.75) is 32.2 Å². The second-order valence-electron chi connectivity index (χ2n) is 6.75. The first-order chi connectivity index (χ1) is 11.8. The van der Waals surface area contributed by atoms with Gasteiger partial charge in [-0.15, -0.1) is 0 Å². The third-order valence-corrected chi connectivity index (χ3v) is 5.05. The molecule has 24 heavy (non-hydrogen) atoms. The van der Waals surface area contributed by atoms with Crippen molar-refractivity contribution in [3.8, 4) is 0 Å². The Labute approximate surface area is 142 Å². The molecule has 1 saturated heterocycles. The Morgan fingerprint density at radius 2 is 2.08 bits per heavy atom. The Hall–Kier alpha value is -2.14. The first kappa shape index (κ1) is 15.4. The number of hydrogen-bond donors (Lipinski definition) is 2. The number of rotatable bonds is 4. The predicted molar refractivity (Wildman–Crippen MR) is 95.3 cm³/mol. The molecule has 2 aromatic rings. The van der Waals surface area contributed by atoms with Gasteiger partial charge >= 0.3 is 0 Å². The van der Waals surface area contributed by atoms with Gasteiger partial charge in [0, 0.05) is 26.2 Å². The maximum Gasteiger partial charge on any atom is 0.223 e. The molecule has 0 radical (unpaired) electrons. The minimum atomic E-state index is 0.293. The summed E-state index contributed by atoms with van der Waals surface area (Å²) in [5.74, 6) is 1.40. The molecule has 0 saturated carbocycles. The van der Waals surface area contributed by atoms with Crippen LogP contribution in [0.2, 0.25) is 0 Å². The molecule has 0 bridgehead atoms. The molecule has 4 rings (SSSR count). The van der Waals surface area contributed by atoms with Crippen LogP contribution in [0.1, 0.15) is 35.7 Å². The summed E-state index contributed by atoms with van der Waals surface area (Å²) >= 11 is 0. The molecule has 2 aliphatic heterocycles. The lowest BCUT2D eigenvalue weighted by Gasteiger charge is -2.22. The highest BCUT2D eigenvalue weighted by Crippen LogP contribution is 2.34. The van der Waals surface area contributed by atoms with E-state index in [4.69, 9.17) is 9.72 Å². The van der Waals surface area contributed by atoms with E-state index in [0.29, 0.717) is 12.0 Å². The molecule has 1 aromatic heterocycles. The maximum atomic E-state index is 5.41. The zero-order valence-corrected chi connectivity index (χ0v) is 14.1. The van der Waals surface area contributed by atoms with E-state index in [1.807, 2.05) is 6.20 Å². The number of aromatic nitrogens is 2. The van der Waals surface area contributed by atoms with Crippen molar-refractivity contribution in [3.63, 3.8) is 0 Å². The summed E-state index contributed by atoms with van der Waals surface area (Å²) in [6, 6.07) is 8.82. The molecule has 2 N–H and O–H groups in total. The first-order valence-electron chi connectivity index (χ1n) is 8.79. The maximum absolute atomic E-state index is 5.41. The van der Waals surface area contributed by atoms with Gasteiger partial charge in [0.15, 0.2) is 0 Å². The molecule has 1 aromatic carbocycles. The summed E-state index contributed by atoms with van der Waals surface area (Å²) in [5, 5.41) is 6.96. The number of aryl methyl sites for hydroxylation is 1. The molecule has 0 spiro atoms. The van der Waals surface area contributed by atoms with Crippen molar-refractivity contribution < 1.29 is 4.74 Å². The average molecular weight is 324 g/mol. The van der Waals surface area contributed by atoms with E-state index in [1.54, 1.807) is 0 Å². The largest absolute Gasteiger partial charge is 0.381 e. The third-order valence-electron chi connectivity index (χ3n) is 5.05. The number of nitrogens with zero attached hydrogens (tertiary/aromatic N) is 2. The van der Waals surface area contributed by atoms with Crippen LogP contribution in [0.3, 0.4) is 0 Å². The lowest BCUT2D eigenvalue weighted by atomic mass is 10.00. The van der Waals surface area contributed by atoms with E-state index in [0.717, 1.165) is 56.4 Å². The summed E-state index contributed by atoms with van der Waals surface area (Å²) in [5.41, 5.74) is 4.81. The first-order valence-corrected chi connectivity index (χ1v) is 8.79. The molecule has 0 amide bonds. The topological polar surface area (TPSA) is 59.1 Å². The minimum Gasteiger partial charge on any atom is -0.381 e. The molecular formula is C19H24N4O. The molecule has 1 atom stereocenters. The Morgan fingerprint density at radius 3 is 2.92 bits per heavy atom. The van der Waals surface area contributed by atoms with Crippen molar-refractivity contribution in [2.24, 2.45) is 5.92 Å². The van der Waals surface area contributed by atoms with Gasteiger partial charge in [0.1, 0.15) is 0 Å². The quantitative estimate of drug-likeness (QED) is 0.903. The van der Waals surface area contributed by atoms with Crippen molar-refractivity contribution in [1.29, 1.82) is 0 Å². The Bertz CT molecular complexity index is 712. The molecular weight excluding hydrogens is 300 g/mol. The molecule has 126 valence electrons. The molecule has 5 nitrogen and oxygen atoms in total. The highest BCUT2D eigenvalue weighted by molar-refractivity contribution is 5.56. The lowest BCUT2D eigenvalue weighted by Crippen LogP contribution is -2.23. The standard InChI is InChI=1S/C19H24N4O/c1-13-4-2-3-5-15(13)16-10-17-18(22-16)12-21-19(23-17)20-11-14-6-8-24-9-7-14/h2-5,12,14,16,22H,6-11H2,1H3,(H,20,21,23). The summed E-state index contributed by atoms with van der Waals surface area (Å²) in [7, 11) is 0. The zero-order chi connectivity index (χ0) is 16.4. The number of hydrogen-bond acceptors (Lipinski definition) is 5. The van der Waals surface area contributed by atoms with E-state index in [9.17, 15) is 0 Å². The third kappa shape index (κ3) is 3.22. The lowest BCUT2D eigenvalue weighted by molar-refractivity contribution is 0.0699. The fourth-order valence-corrected chi connectivity index (χ4v) is 3.56. The number of ether oxygens (including phenoxy) is 1. The molecule has 3 heterocycles. The highest BCUT2D eigenvalue weighted by atomic mass is 16.5. The fourth-order valence-electron chi connectivity index (χ4n) is 3.56. The summed E-state index contributed by atoms with van der Waals surface area (Å²) in [6.45, 7) is 4.84. The Morgan fingerprint density at radius 1 is 1.25 bits per heavy atom. The molecule has 0 aliphatic carbocycles. The van der Waals surface area contributed by atoms with Gasteiger partial charge < -0.3 is 15.4 Å². The molecule has 2 aliphatic rings. The summed E-state index contributed by atoms with van der Waals surface area (Å²) in [4.78, 5) is 9.20. The second kappa shape index (κ2) is 6.77. The van der Waals surface area contributed by atoms with Gasteiger partial charge in [-0.3, -0.25) is 0 Å². The van der Waals surface area contributed by atoms with Gasteiger partial charge in [0.05, 0.1) is 23.6 Å². The van der Waals surface area contributed by atoms with Gasteiger partial charge in [0.25, 0.3) is 0 Å². The number of fused-ring (bicyclic) bond motifs is 1. The fraction of sp³-hybridized carbons (Fsp3) is 0.474. The number of benzene rings is 1. The van der Waals surface area contributed by atoms with E-state index in [-0.39, 0.29) is 0 Å². The van der Waals surface area contributed by atoms with E-state index in [2.05, 4.69) is 46.8 Å². The van der Waals surface area contributed by atoms with E-state index in [1.165, 1.54) is 11.1 Å². The van der Waals surface area contributed by atoms with Crippen LogP contribution in [-0.2, 0) is 11.2 Å².